The number of para-hydroxylation sites is 1. The average Bonchev–Trinajstić information content (AvgIpc) is 2.61. The lowest BCUT2D eigenvalue weighted by molar-refractivity contribution is 0.209. The van der Waals surface area contributed by atoms with Gasteiger partial charge in [-0.05, 0) is 44.2 Å². The third-order valence-electron chi connectivity index (χ3n) is 3.37. The van der Waals surface area contributed by atoms with Crippen LogP contribution in [0, 0.1) is 0 Å². The van der Waals surface area contributed by atoms with Crippen LogP contribution in [0.5, 0.6) is 5.75 Å². The first kappa shape index (κ1) is 17.8. The number of ether oxygens (including phenoxy) is 1. The van der Waals surface area contributed by atoms with Gasteiger partial charge in [-0.1, -0.05) is 35.9 Å². The van der Waals surface area contributed by atoms with Gasteiger partial charge in [-0.15, -0.1) is 0 Å². The van der Waals surface area contributed by atoms with Gasteiger partial charge in [0.05, 0.1) is 5.70 Å². The number of carbonyl (C=O) groups excluding carboxylic acids is 1. The van der Waals surface area contributed by atoms with E-state index in [1.807, 2.05) is 50.3 Å². The van der Waals surface area contributed by atoms with Crippen LogP contribution in [-0.2, 0) is 0 Å². The average molecular weight is 343 g/mol. The fraction of sp³-hybridized carbons (Fsp3) is 0.158. The van der Waals surface area contributed by atoms with E-state index in [4.69, 9.17) is 16.3 Å². The molecular weight excluding hydrogens is 324 g/mol. The second-order valence-corrected chi connectivity index (χ2v) is 5.40. The topological polar surface area (TPSA) is 41.9 Å². The molecule has 0 N–H and O–H groups in total. The quantitative estimate of drug-likeness (QED) is 0.695. The Morgan fingerprint density at radius 3 is 2.50 bits per heavy atom. The summed E-state index contributed by atoms with van der Waals surface area (Å²) in [7, 11) is 1.66. The highest BCUT2D eigenvalue weighted by Crippen LogP contribution is 2.30. The molecule has 0 atom stereocenters. The van der Waals surface area contributed by atoms with Crippen molar-refractivity contribution in [2.24, 2.45) is 4.99 Å². The molecule has 1 amide bonds. The van der Waals surface area contributed by atoms with E-state index in [2.05, 4.69) is 4.99 Å². The minimum Gasteiger partial charge on any atom is -0.409 e. The Kier molecular flexibility index (Phi) is 6.15. The zero-order valence-corrected chi connectivity index (χ0v) is 14.6. The van der Waals surface area contributed by atoms with Gasteiger partial charge in [0, 0.05) is 29.5 Å². The maximum atomic E-state index is 12.4. The first-order chi connectivity index (χ1) is 11.6. The van der Waals surface area contributed by atoms with E-state index in [1.165, 1.54) is 4.90 Å². The summed E-state index contributed by atoms with van der Waals surface area (Å²) in [6.45, 7) is 3.69. The number of benzene rings is 2. The summed E-state index contributed by atoms with van der Waals surface area (Å²) in [5, 5.41) is 0.548. The number of hydrogen-bond acceptors (Lipinski definition) is 3. The summed E-state index contributed by atoms with van der Waals surface area (Å²) >= 11 is 6.08. The number of amides is 1. The molecule has 4 nitrogen and oxygen atoms in total. The standard InChI is InChI=1S/C19H19ClN2O2/c1-4-17(21-5-2)16-13-14(20)11-12-18(16)24-19(23)22(3)15-9-7-6-8-10-15/h4-13H,1-3H3/b17-4-,21-5?. The van der Waals surface area contributed by atoms with Crippen molar-refractivity contribution in [1.82, 2.24) is 0 Å². The van der Waals surface area contributed by atoms with E-state index < -0.39 is 6.09 Å². The van der Waals surface area contributed by atoms with E-state index in [-0.39, 0.29) is 0 Å². The number of anilines is 1. The number of carbonyl (C=O) groups is 1. The van der Waals surface area contributed by atoms with Crippen molar-refractivity contribution in [2.45, 2.75) is 13.8 Å². The zero-order chi connectivity index (χ0) is 17.5. The molecule has 0 unspecified atom stereocenters. The first-order valence-corrected chi connectivity index (χ1v) is 7.90. The number of allylic oxidation sites excluding steroid dienone is 1. The molecule has 0 heterocycles. The van der Waals surface area contributed by atoms with Crippen LogP contribution in [0.3, 0.4) is 0 Å². The Balaban J connectivity index is 2.31. The SMILES string of the molecule is CC=N/C(=C\C)c1cc(Cl)ccc1OC(=O)N(C)c1ccccc1. The van der Waals surface area contributed by atoms with Gasteiger partial charge in [0.2, 0.25) is 0 Å². The Morgan fingerprint density at radius 1 is 1.17 bits per heavy atom. The predicted molar refractivity (Wildman–Crippen MR) is 100 cm³/mol. The highest BCUT2D eigenvalue weighted by atomic mass is 35.5. The van der Waals surface area contributed by atoms with Crippen LogP contribution in [-0.4, -0.2) is 19.4 Å². The third-order valence-corrected chi connectivity index (χ3v) is 3.61. The lowest BCUT2D eigenvalue weighted by atomic mass is 10.1. The highest BCUT2D eigenvalue weighted by Gasteiger charge is 2.17. The number of aliphatic imine (C=N–C) groups is 1. The molecule has 0 saturated carbocycles. The van der Waals surface area contributed by atoms with Gasteiger partial charge in [0.15, 0.2) is 0 Å². The van der Waals surface area contributed by atoms with Gasteiger partial charge in [-0.25, -0.2) is 4.79 Å². The van der Waals surface area contributed by atoms with Gasteiger partial charge in [-0.2, -0.15) is 0 Å². The summed E-state index contributed by atoms with van der Waals surface area (Å²) in [5.41, 5.74) is 2.10. The minimum absolute atomic E-state index is 0.408. The second-order valence-electron chi connectivity index (χ2n) is 4.96. The summed E-state index contributed by atoms with van der Waals surface area (Å²) in [6, 6.07) is 14.4. The Labute approximate surface area is 147 Å². The van der Waals surface area contributed by atoms with Crippen LogP contribution in [0.15, 0.2) is 59.6 Å². The second kappa shape index (κ2) is 8.31. The van der Waals surface area contributed by atoms with Gasteiger partial charge >= 0.3 is 6.09 Å². The minimum atomic E-state index is -0.485. The molecule has 0 aromatic heterocycles. The molecule has 5 heteroatoms. The van der Waals surface area contributed by atoms with E-state index in [1.54, 1.807) is 31.5 Å². The Bertz CT molecular complexity index is 770. The van der Waals surface area contributed by atoms with Crippen molar-refractivity contribution < 1.29 is 9.53 Å². The summed E-state index contributed by atoms with van der Waals surface area (Å²) in [5.74, 6) is 0.408. The fourth-order valence-electron chi connectivity index (χ4n) is 2.15. The molecular formula is C19H19ClN2O2. The number of halogens is 1. The van der Waals surface area contributed by atoms with Gasteiger partial charge < -0.3 is 4.74 Å². The highest BCUT2D eigenvalue weighted by molar-refractivity contribution is 6.30. The number of rotatable bonds is 4. The molecule has 0 saturated heterocycles. The lowest BCUT2D eigenvalue weighted by Gasteiger charge is -2.18. The molecule has 0 radical (unpaired) electrons. The third kappa shape index (κ3) is 4.24. The molecule has 0 spiro atoms. The number of hydrogen-bond donors (Lipinski definition) is 0. The molecule has 2 aromatic rings. The molecule has 0 aliphatic carbocycles. The first-order valence-electron chi connectivity index (χ1n) is 7.52. The lowest BCUT2D eigenvalue weighted by Crippen LogP contribution is -2.29. The molecule has 24 heavy (non-hydrogen) atoms. The zero-order valence-electron chi connectivity index (χ0n) is 13.9. The van der Waals surface area contributed by atoms with Crippen molar-refractivity contribution in [3.05, 3.63) is 65.2 Å². The van der Waals surface area contributed by atoms with Crippen molar-refractivity contribution in [3.8, 4) is 5.75 Å². The normalized spacial score (nSPS) is 11.6. The van der Waals surface area contributed by atoms with E-state index >= 15 is 0 Å². The maximum Gasteiger partial charge on any atom is 0.419 e. The molecule has 0 aliphatic heterocycles. The van der Waals surface area contributed by atoms with E-state index in [9.17, 15) is 4.79 Å². The van der Waals surface area contributed by atoms with Gasteiger partial charge in [-0.3, -0.25) is 9.89 Å². The summed E-state index contributed by atoms with van der Waals surface area (Å²) in [4.78, 5) is 18.2. The van der Waals surface area contributed by atoms with Crippen LogP contribution >= 0.6 is 11.6 Å². The van der Waals surface area contributed by atoms with E-state index in [0.29, 0.717) is 22.0 Å². The van der Waals surface area contributed by atoms with Crippen LogP contribution in [0.2, 0.25) is 5.02 Å². The molecule has 124 valence electrons. The smallest absolute Gasteiger partial charge is 0.409 e. The molecule has 0 aliphatic rings. The molecule has 2 rings (SSSR count). The van der Waals surface area contributed by atoms with Crippen LogP contribution in [0.25, 0.3) is 5.70 Å². The monoisotopic (exact) mass is 342 g/mol. The van der Waals surface area contributed by atoms with Crippen LogP contribution < -0.4 is 9.64 Å². The summed E-state index contributed by atoms with van der Waals surface area (Å²) < 4.78 is 5.56. The maximum absolute atomic E-state index is 12.4. The Morgan fingerprint density at radius 2 is 1.88 bits per heavy atom. The van der Waals surface area contributed by atoms with Crippen LogP contribution in [0.4, 0.5) is 10.5 Å². The predicted octanol–water partition coefficient (Wildman–Crippen LogP) is 5.43. The van der Waals surface area contributed by atoms with Crippen LogP contribution in [0.1, 0.15) is 19.4 Å². The number of nitrogens with zero attached hydrogens (tertiary/aromatic N) is 2. The van der Waals surface area contributed by atoms with Crippen molar-refractivity contribution in [2.75, 3.05) is 11.9 Å². The van der Waals surface area contributed by atoms with Crippen molar-refractivity contribution in [1.29, 1.82) is 0 Å². The Hall–Kier alpha value is -2.59. The summed E-state index contributed by atoms with van der Waals surface area (Å²) in [6.07, 6.45) is 3.03. The largest absolute Gasteiger partial charge is 0.419 e. The molecule has 2 aromatic carbocycles. The van der Waals surface area contributed by atoms with Crippen molar-refractivity contribution >= 4 is 35.3 Å². The van der Waals surface area contributed by atoms with E-state index in [0.717, 1.165) is 5.69 Å². The van der Waals surface area contributed by atoms with Gasteiger partial charge in [0.1, 0.15) is 5.75 Å². The van der Waals surface area contributed by atoms with Gasteiger partial charge in [0.25, 0.3) is 0 Å². The molecule has 0 bridgehead atoms. The molecule has 0 fully saturated rings. The fourth-order valence-corrected chi connectivity index (χ4v) is 2.32. The van der Waals surface area contributed by atoms with Crippen molar-refractivity contribution in [3.63, 3.8) is 0 Å².